The molecule has 0 aliphatic heterocycles. The highest BCUT2D eigenvalue weighted by atomic mass is 32.1. The predicted octanol–water partition coefficient (Wildman–Crippen LogP) is 2.66. The molecule has 1 amide bonds. The molecule has 7 heteroatoms. The van der Waals surface area contributed by atoms with E-state index in [0.29, 0.717) is 16.8 Å². The third-order valence-corrected chi connectivity index (χ3v) is 4.93. The monoisotopic (exact) mass is 357 g/mol. The minimum atomic E-state index is -0.193. The highest BCUT2D eigenvalue weighted by Gasteiger charge is 2.12. The molecule has 0 fully saturated rings. The first kappa shape index (κ1) is 17.2. The van der Waals surface area contributed by atoms with Gasteiger partial charge in [-0.25, -0.2) is 4.98 Å². The van der Waals surface area contributed by atoms with Crippen LogP contribution >= 0.6 is 11.3 Å². The fourth-order valence-corrected chi connectivity index (χ4v) is 3.50. The number of carbonyl (C=O) groups excluding carboxylic acids is 1. The first-order valence-electron chi connectivity index (χ1n) is 8.02. The second-order valence-electron chi connectivity index (χ2n) is 5.58. The molecule has 0 atom stereocenters. The highest BCUT2D eigenvalue weighted by molar-refractivity contribution is 7.22. The van der Waals surface area contributed by atoms with Gasteiger partial charge in [-0.2, -0.15) is 0 Å². The van der Waals surface area contributed by atoms with Crippen molar-refractivity contribution in [2.75, 3.05) is 13.7 Å². The van der Waals surface area contributed by atoms with Gasteiger partial charge in [0.15, 0.2) is 0 Å². The van der Waals surface area contributed by atoms with E-state index < -0.39 is 0 Å². The van der Waals surface area contributed by atoms with E-state index in [1.54, 1.807) is 7.11 Å². The van der Waals surface area contributed by atoms with Gasteiger partial charge in [0.05, 0.1) is 19.0 Å². The third-order valence-electron chi connectivity index (χ3n) is 3.76. The molecule has 1 N–H and O–H groups in total. The van der Waals surface area contributed by atoms with Gasteiger partial charge in [-0.3, -0.25) is 14.2 Å². The van der Waals surface area contributed by atoms with Crippen LogP contribution in [0.25, 0.3) is 20.7 Å². The summed E-state index contributed by atoms with van der Waals surface area (Å²) < 4.78 is 7.06. The maximum absolute atomic E-state index is 12.6. The number of methoxy groups -OCH3 is 1. The van der Waals surface area contributed by atoms with Crippen LogP contribution in [0.1, 0.15) is 13.3 Å². The van der Waals surface area contributed by atoms with E-state index in [9.17, 15) is 9.59 Å². The number of hydrogen-bond acceptors (Lipinski definition) is 5. The molecule has 0 bridgehead atoms. The SMILES string of the molecule is CCCNC(=O)Cn1cnc2cc(-c3ccc(OC)cc3)sc2c1=O. The molecular formula is C18H19N3O3S. The van der Waals surface area contributed by atoms with Crippen molar-refractivity contribution in [2.45, 2.75) is 19.9 Å². The topological polar surface area (TPSA) is 73.2 Å². The fourth-order valence-electron chi connectivity index (χ4n) is 2.43. The van der Waals surface area contributed by atoms with E-state index in [-0.39, 0.29) is 18.0 Å². The van der Waals surface area contributed by atoms with Crippen molar-refractivity contribution in [3.63, 3.8) is 0 Å². The molecule has 0 saturated carbocycles. The lowest BCUT2D eigenvalue weighted by molar-refractivity contribution is -0.121. The normalized spacial score (nSPS) is 10.8. The zero-order chi connectivity index (χ0) is 17.8. The van der Waals surface area contributed by atoms with Crippen molar-refractivity contribution in [1.29, 1.82) is 0 Å². The van der Waals surface area contributed by atoms with Gasteiger partial charge < -0.3 is 10.1 Å². The number of amides is 1. The van der Waals surface area contributed by atoms with Crippen molar-refractivity contribution < 1.29 is 9.53 Å². The number of benzene rings is 1. The lowest BCUT2D eigenvalue weighted by atomic mass is 10.2. The minimum absolute atomic E-state index is 0.0163. The fraction of sp³-hybridized carbons (Fsp3) is 0.278. The van der Waals surface area contributed by atoms with Crippen LogP contribution in [0.4, 0.5) is 0 Å². The molecule has 0 aliphatic carbocycles. The molecule has 0 unspecified atom stereocenters. The van der Waals surface area contributed by atoms with Crippen LogP contribution in [0.2, 0.25) is 0 Å². The van der Waals surface area contributed by atoms with Gasteiger partial charge >= 0.3 is 0 Å². The number of thiophene rings is 1. The van der Waals surface area contributed by atoms with Gasteiger partial charge in [0.1, 0.15) is 17.0 Å². The Kier molecular flexibility index (Phi) is 5.14. The first-order valence-corrected chi connectivity index (χ1v) is 8.84. The smallest absolute Gasteiger partial charge is 0.271 e. The second kappa shape index (κ2) is 7.48. The maximum atomic E-state index is 12.6. The summed E-state index contributed by atoms with van der Waals surface area (Å²) in [5.74, 6) is 0.598. The van der Waals surface area contributed by atoms with Crippen LogP contribution in [0, 0.1) is 0 Å². The Morgan fingerprint density at radius 1 is 1.32 bits per heavy atom. The Hall–Kier alpha value is -2.67. The summed E-state index contributed by atoms with van der Waals surface area (Å²) in [6, 6.07) is 9.54. The quantitative estimate of drug-likeness (QED) is 0.736. The predicted molar refractivity (Wildman–Crippen MR) is 99.2 cm³/mol. The van der Waals surface area contributed by atoms with Gasteiger partial charge in [-0.15, -0.1) is 11.3 Å². The van der Waals surface area contributed by atoms with E-state index in [0.717, 1.165) is 22.6 Å². The number of aromatic nitrogens is 2. The number of fused-ring (bicyclic) bond motifs is 1. The van der Waals surface area contributed by atoms with Crippen LogP contribution in [0.5, 0.6) is 5.75 Å². The van der Waals surface area contributed by atoms with E-state index in [2.05, 4.69) is 10.3 Å². The Balaban J connectivity index is 1.91. The molecule has 2 aromatic heterocycles. The van der Waals surface area contributed by atoms with Crippen molar-refractivity contribution in [3.05, 3.63) is 47.0 Å². The van der Waals surface area contributed by atoms with Gasteiger partial charge in [0, 0.05) is 11.4 Å². The zero-order valence-corrected chi connectivity index (χ0v) is 14.9. The van der Waals surface area contributed by atoms with Gasteiger partial charge in [0.2, 0.25) is 5.91 Å². The van der Waals surface area contributed by atoms with Crippen LogP contribution in [-0.4, -0.2) is 29.1 Å². The summed E-state index contributed by atoms with van der Waals surface area (Å²) in [4.78, 5) is 29.7. The third kappa shape index (κ3) is 3.71. The maximum Gasteiger partial charge on any atom is 0.271 e. The molecule has 2 heterocycles. The van der Waals surface area contributed by atoms with E-state index in [4.69, 9.17) is 4.74 Å². The zero-order valence-electron chi connectivity index (χ0n) is 14.1. The number of nitrogens with one attached hydrogen (secondary N) is 1. The van der Waals surface area contributed by atoms with Gasteiger partial charge in [-0.1, -0.05) is 6.92 Å². The summed E-state index contributed by atoms with van der Waals surface area (Å²) in [5.41, 5.74) is 1.45. The molecule has 3 rings (SSSR count). The van der Waals surface area contributed by atoms with Crippen LogP contribution in [-0.2, 0) is 11.3 Å². The highest BCUT2D eigenvalue weighted by Crippen LogP contribution is 2.31. The number of carbonyl (C=O) groups is 1. The average Bonchev–Trinajstić information content (AvgIpc) is 3.07. The van der Waals surface area contributed by atoms with Crippen molar-refractivity contribution in [2.24, 2.45) is 0 Å². The Morgan fingerprint density at radius 3 is 2.76 bits per heavy atom. The summed E-state index contributed by atoms with van der Waals surface area (Å²) in [5, 5.41) is 2.76. The van der Waals surface area contributed by atoms with Crippen LogP contribution < -0.4 is 15.6 Å². The number of hydrogen-bond donors (Lipinski definition) is 1. The molecule has 0 spiro atoms. The summed E-state index contributed by atoms with van der Waals surface area (Å²) >= 11 is 1.38. The summed E-state index contributed by atoms with van der Waals surface area (Å²) in [6.45, 7) is 2.56. The van der Waals surface area contributed by atoms with Crippen LogP contribution in [0.3, 0.4) is 0 Å². The molecule has 25 heavy (non-hydrogen) atoms. The number of ether oxygens (including phenoxy) is 1. The van der Waals surface area contributed by atoms with Crippen molar-refractivity contribution in [3.8, 4) is 16.2 Å². The minimum Gasteiger partial charge on any atom is -0.497 e. The molecule has 0 aliphatic rings. The Labute approximate surface area is 149 Å². The molecule has 3 aromatic rings. The average molecular weight is 357 g/mol. The largest absolute Gasteiger partial charge is 0.497 e. The second-order valence-corrected chi connectivity index (χ2v) is 6.63. The van der Waals surface area contributed by atoms with Gasteiger partial charge in [0.25, 0.3) is 5.56 Å². The Morgan fingerprint density at radius 2 is 2.08 bits per heavy atom. The lowest BCUT2D eigenvalue weighted by Gasteiger charge is -2.05. The van der Waals surface area contributed by atoms with E-state index >= 15 is 0 Å². The molecule has 1 aromatic carbocycles. The molecular weight excluding hydrogens is 338 g/mol. The van der Waals surface area contributed by atoms with E-state index in [1.807, 2.05) is 37.3 Å². The number of rotatable bonds is 6. The summed E-state index contributed by atoms with van der Waals surface area (Å²) in [6.07, 6.45) is 2.29. The van der Waals surface area contributed by atoms with E-state index in [1.165, 1.54) is 22.2 Å². The molecule has 6 nitrogen and oxygen atoms in total. The van der Waals surface area contributed by atoms with Crippen molar-refractivity contribution >= 4 is 27.5 Å². The first-order chi connectivity index (χ1) is 12.1. The molecule has 130 valence electrons. The standard InChI is InChI=1S/C18H19N3O3S/c1-3-8-19-16(22)10-21-11-20-14-9-15(25-17(14)18(21)23)12-4-6-13(24-2)7-5-12/h4-7,9,11H,3,8,10H2,1-2H3,(H,19,22). The van der Waals surface area contributed by atoms with Crippen LogP contribution in [0.15, 0.2) is 41.5 Å². The molecule has 0 saturated heterocycles. The van der Waals surface area contributed by atoms with Gasteiger partial charge in [-0.05, 0) is 42.3 Å². The van der Waals surface area contributed by atoms with Crippen molar-refractivity contribution in [1.82, 2.24) is 14.9 Å². The number of nitrogens with zero attached hydrogens (tertiary/aromatic N) is 2. The summed E-state index contributed by atoms with van der Waals surface area (Å²) in [7, 11) is 1.62. The molecule has 0 radical (unpaired) electrons. The Bertz CT molecular complexity index is 944. The lowest BCUT2D eigenvalue weighted by Crippen LogP contribution is -2.32.